The third-order valence-corrected chi connectivity index (χ3v) is 5.79. The Morgan fingerprint density at radius 3 is 2.80 bits per heavy atom. The van der Waals surface area contributed by atoms with Crippen molar-refractivity contribution >= 4 is 17.2 Å². The molecule has 4 nitrogen and oxygen atoms in total. The minimum absolute atomic E-state index is 0.00561. The van der Waals surface area contributed by atoms with Crippen LogP contribution in [0.3, 0.4) is 0 Å². The molecule has 2 fully saturated rings. The molecule has 110 valence electrons. The maximum Gasteiger partial charge on any atom is 0.241 e. The molecule has 0 bridgehead atoms. The number of carbonyl (C=O) groups is 1. The predicted octanol–water partition coefficient (Wildman–Crippen LogP) is 2.38. The summed E-state index contributed by atoms with van der Waals surface area (Å²) in [7, 11) is 1.76. The maximum absolute atomic E-state index is 12.6. The summed E-state index contributed by atoms with van der Waals surface area (Å²) in [5.74, 6) is 0.205. The average Bonchev–Trinajstić information content (AvgIpc) is 3.01. The zero-order valence-electron chi connectivity index (χ0n) is 12.4. The molecule has 1 amide bonds. The van der Waals surface area contributed by atoms with E-state index in [1.807, 2.05) is 17.9 Å². The van der Waals surface area contributed by atoms with Crippen LogP contribution in [-0.2, 0) is 9.53 Å². The van der Waals surface area contributed by atoms with Crippen LogP contribution >= 0.6 is 11.3 Å². The molecule has 4 unspecified atom stereocenters. The van der Waals surface area contributed by atoms with Crippen LogP contribution in [0.15, 0.2) is 17.5 Å². The van der Waals surface area contributed by atoms with Gasteiger partial charge in [-0.1, -0.05) is 19.9 Å². The van der Waals surface area contributed by atoms with Crippen molar-refractivity contribution in [2.75, 3.05) is 7.11 Å². The van der Waals surface area contributed by atoms with Gasteiger partial charge < -0.3 is 9.64 Å². The largest absolute Gasteiger partial charge is 0.381 e. The highest BCUT2D eigenvalue weighted by Crippen LogP contribution is 2.49. The number of ether oxygens (including phenoxy) is 1. The summed E-state index contributed by atoms with van der Waals surface area (Å²) in [5, 5.41) is 5.48. The van der Waals surface area contributed by atoms with Crippen LogP contribution in [-0.4, -0.2) is 36.1 Å². The Morgan fingerprint density at radius 2 is 2.25 bits per heavy atom. The fourth-order valence-electron chi connectivity index (χ4n) is 3.48. The molecule has 1 aliphatic carbocycles. The Labute approximate surface area is 124 Å². The van der Waals surface area contributed by atoms with Gasteiger partial charge in [0.25, 0.3) is 0 Å². The van der Waals surface area contributed by atoms with Crippen molar-refractivity contribution < 1.29 is 9.53 Å². The van der Waals surface area contributed by atoms with Crippen LogP contribution in [0.1, 0.15) is 38.2 Å². The van der Waals surface area contributed by atoms with Gasteiger partial charge in [0, 0.05) is 23.4 Å². The van der Waals surface area contributed by atoms with Gasteiger partial charge in [0.05, 0.1) is 12.1 Å². The minimum Gasteiger partial charge on any atom is -0.381 e. The predicted molar refractivity (Wildman–Crippen MR) is 79.5 cm³/mol. The number of carbonyl (C=O) groups excluding carboxylic acids is 1. The number of methoxy groups -OCH3 is 1. The van der Waals surface area contributed by atoms with E-state index in [-0.39, 0.29) is 35.7 Å². The van der Waals surface area contributed by atoms with E-state index >= 15 is 0 Å². The number of nitrogens with zero attached hydrogens (tertiary/aromatic N) is 1. The van der Waals surface area contributed by atoms with Crippen molar-refractivity contribution in [3.63, 3.8) is 0 Å². The molecule has 1 aromatic rings. The third-order valence-electron chi connectivity index (χ3n) is 4.87. The fraction of sp³-hybridized carbons (Fsp3) is 0.667. The SMILES string of the molecule is COC1CC(N2C(=O)C(C)NC2c2cccs2)C1(C)C. The quantitative estimate of drug-likeness (QED) is 0.930. The summed E-state index contributed by atoms with van der Waals surface area (Å²) in [6.45, 7) is 6.33. The lowest BCUT2D eigenvalue weighted by Gasteiger charge is -2.55. The first-order chi connectivity index (χ1) is 9.46. The second-order valence-electron chi connectivity index (χ2n) is 6.35. The van der Waals surface area contributed by atoms with Gasteiger partial charge in [0.2, 0.25) is 5.91 Å². The van der Waals surface area contributed by atoms with Crippen molar-refractivity contribution in [2.24, 2.45) is 5.41 Å². The molecule has 2 heterocycles. The molecule has 2 aliphatic rings. The maximum atomic E-state index is 12.6. The molecule has 5 heteroatoms. The van der Waals surface area contributed by atoms with Crippen LogP contribution < -0.4 is 5.32 Å². The second-order valence-corrected chi connectivity index (χ2v) is 7.33. The minimum atomic E-state index is -0.112. The molecule has 0 radical (unpaired) electrons. The summed E-state index contributed by atoms with van der Waals surface area (Å²) in [4.78, 5) is 15.8. The van der Waals surface area contributed by atoms with Crippen molar-refractivity contribution in [3.8, 4) is 0 Å². The molecular formula is C15H22N2O2S. The third kappa shape index (κ3) is 1.91. The average molecular weight is 294 g/mol. The molecule has 1 saturated heterocycles. The van der Waals surface area contributed by atoms with Gasteiger partial charge in [0.15, 0.2) is 0 Å². The number of thiophene rings is 1. The molecule has 0 spiro atoms. The lowest BCUT2D eigenvalue weighted by atomic mass is 9.63. The summed E-state index contributed by atoms with van der Waals surface area (Å²) in [6.07, 6.45) is 1.17. The first-order valence-corrected chi connectivity index (χ1v) is 7.99. The van der Waals surface area contributed by atoms with Gasteiger partial charge in [-0.25, -0.2) is 0 Å². The number of hydrogen-bond donors (Lipinski definition) is 1. The van der Waals surface area contributed by atoms with Gasteiger partial charge >= 0.3 is 0 Å². The zero-order chi connectivity index (χ0) is 14.5. The number of rotatable bonds is 3. The molecule has 4 atom stereocenters. The lowest BCUT2D eigenvalue weighted by Crippen LogP contribution is -2.62. The first kappa shape index (κ1) is 14.0. The molecule has 0 aromatic carbocycles. The highest BCUT2D eigenvalue weighted by Gasteiger charge is 2.56. The fourth-order valence-corrected chi connectivity index (χ4v) is 4.26. The van der Waals surface area contributed by atoms with Crippen molar-refractivity contribution in [3.05, 3.63) is 22.4 Å². The highest BCUT2D eigenvalue weighted by molar-refractivity contribution is 7.10. The Kier molecular flexibility index (Phi) is 3.39. The second kappa shape index (κ2) is 4.83. The van der Waals surface area contributed by atoms with Crippen LogP contribution in [0.4, 0.5) is 0 Å². The molecule has 3 rings (SSSR count). The van der Waals surface area contributed by atoms with Gasteiger partial charge in [-0.2, -0.15) is 0 Å². The smallest absolute Gasteiger partial charge is 0.241 e. The van der Waals surface area contributed by atoms with Crippen molar-refractivity contribution in [1.29, 1.82) is 0 Å². The van der Waals surface area contributed by atoms with E-state index in [1.54, 1.807) is 18.4 Å². The molecule has 1 aliphatic heterocycles. The normalized spacial score (nSPS) is 36.2. The summed E-state index contributed by atoms with van der Waals surface area (Å²) < 4.78 is 5.52. The molecule has 1 N–H and O–H groups in total. The number of nitrogens with one attached hydrogen (secondary N) is 1. The number of hydrogen-bond acceptors (Lipinski definition) is 4. The Balaban J connectivity index is 1.88. The monoisotopic (exact) mass is 294 g/mol. The van der Waals surface area contributed by atoms with Gasteiger partial charge in [0.1, 0.15) is 6.17 Å². The highest BCUT2D eigenvalue weighted by atomic mass is 32.1. The molecular weight excluding hydrogens is 272 g/mol. The first-order valence-electron chi connectivity index (χ1n) is 7.11. The van der Waals surface area contributed by atoms with Crippen LogP contribution in [0.25, 0.3) is 0 Å². The molecule has 1 saturated carbocycles. The Hall–Kier alpha value is -0.910. The van der Waals surface area contributed by atoms with E-state index in [1.165, 1.54) is 4.88 Å². The standard InChI is InChI=1S/C15H22N2O2S/c1-9-14(18)17(11-8-12(19-4)15(11,2)3)13(16-9)10-6-5-7-20-10/h5-7,9,11-13,16H,8H2,1-4H3. The van der Waals surface area contributed by atoms with Gasteiger partial charge in [-0.3, -0.25) is 10.1 Å². The topological polar surface area (TPSA) is 41.6 Å². The van der Waals surface area contributed by atoms with Crippen molar-refractivity contribution in [2.45, 2.75) is 51.5 Å². The van der Waals surface area contributed by atoms with E-state index in [2.05, 4.69) is 30.6 Å². The summed E-state index contributed by atoms with van der Waals surface area (Å²) in [6, 6.07) is 4.26. The summed E-state index contributed by atoms with van der Waals surface area (Å²) in [5.41, 5.74) is 0.00561. The van der Waals surface area contributed by atoms with Gasteiger partial charge in [-0.05, 0) is 24.8 Å². The lowest BCUT2D eigenvalue weighted by molar-refractivity contribution is -0.162. The van der Waals surface area contributed by atoms with E-state index in [0.29, 0.717) is 0 Å². The Morgan fingerprint density at radius 1 is 1.50 bits per heavy atom. The number of amides is 1. The van der Waals surface area contributed by atoms with E-state index in [4.69, 9.17) is 4.74 Å². The van der Waals surface area contributed by atoms with Crippen LogP contribution in [0, 0.1) is 5.41 Å². The summed E-state index contributed by atoms with van der Waals surface area (Å²) >= 11 is 1.70. The van der Waals surface area contributed by atoms with Crippen molar-refractivity contribution in [1.82, 2.24) is 10.2 Å². The van der Waals surface area contributed by atoms with Crippen LogP contribution in [0.5, 0.6) is 0 Å². The van der Waals surface area contributed by atoms with Crippen LogP contribution in [0.2, 0.25) is 0 Å². The molecule has 1 aromatic heterocycles. The van der Waals surface area contributed by atoms with Gasteiger partial charge in [-0.15, -0.1) is 11.3 Å². The molecule has 20 heavy (non-hydrogen) atoms. The zero-order valence-corrected chi connectivity index (χ0v) is 13.2. The van der Waals surface area contributed by atoms with E-state index in [9.17, 15) is 4.79 Å². The van der Waals surface area contributed by atoms with E-state index in [0.717, 1.165) is 6.42 Å². The Bertz CT molecular complexity index is 500. The van der Waals surface area contributed by atoms with E-state index < -0.39 is 0 Å².